The molecule has 0 aliphatic carbocycles. The van der Waals surface area contributed by atoms with Gasteiger partial charge >= 0.3 is 0 Å². The average Bonchev–Trinajstić information content (AvgIpc) is 3.03. The lowest BCUT2D eigenvalue weighted by atomic mass is 10.2. The molecule has 1 fully saturated rings. The molecule has 0 amide bonds. The van der Waals surface area contributed by atoms with Crippen LogP contribution in [0.3, 0.4) is 0 Å². The fraction of sp³-hybridized carbons (Fsp3) is 0.562. The Morgan fingerprint density at radius 2 is 2.30 bits per heavy atom. The SMILES string of the molecule is CN=C(NCCCOC1CCOC1)NCc1cccc(F)c1.I. The number of benzene rings is 1. The molecule has 0 aromatic heterocycles. The van der Waals surface area contributed by atoms with Crippen LogP contribution in [0.2, 0.25) is 0 Å². The summed E-state index contributed by atoms with van der Waals surface area (Å²) in [6.07, 6.45) is 2.15. The molecule has 1 heterocycles. The molecule has 1 aliphatic rings. The fourth-order valence-electron chi connectivity index (χ4n) is 2.23. The third-order valence-electron chi connectivity index (χ3n) is 3.43. The summed E-state index contributed by atoms with van der Waals surface area (Å²) in [7, 11) is 1.72. The number of ether oxygens (including phenoxy) is 2. The van der Waals surface area contributed by atoms with Crippen molar-refractivity contribution in [3.8, 4) is 0 Å². The molecular weight excluding hydrogens is 412 g/mol. The van der Waals surface area contributed by atoms with Crippen LogP contribution in [-0.2, 0) is 16.0 Å². The van der Waals surface area contributed by atoms with E-state index in [0.29, 0.717) is 25.7 Å². The van der Waals surface area contributed by atoms with Crippen LogP contribution in [0.15, 0.2) is 29.3 Å². The minimum absolute atomic E-state index is 0. The monoisotopic (exact) mass is 437 g/mol. The van der Waals surface area contributed by atoms with Gasteiger partial charge in [0.2, 0.25) is 0 Å². The number of rotatable bonds is 7. The molecule has 5 nitrogen and oxygen atoms in total. The van der Waals surface area contributed by atoms with Gasteiger partial charge in [0.1, 0.15) is 5.82 Å². The number of nitrogens with zero attached hydrogens (tertiary/aromatic N) is 1. The van der Waals surface area contributed by atoms with Crippen LogP contribution in [0.25, 0.3) is 0 Å². The second-order valence-corrected chi connectivity index (χ2v) is 5.19. The number of hydrogen-bond donors (Lipinski definition) is 2. The minimum atomic E-state index is -0.227. The molecule has 23 heavy (non-hydrogen) atoms. The molecule has 2 rings (SSSR count). The molecule has 7 heteroatoms. The third kappa shape index (κ3) is 7.94. The number of guanidine groups is 1. The highest BCUT2D eigenvalue weighted by molar-refractivity contribution is 14.0. The van der Waals surface area contributed by atoms with Crippen molar-refractivity contribution in [3.05, 3.63) is 35.6 Å². The normalized spacial score (nSPS) is 17.7. The summed E-state index contributed by atoms with van der Waals surface area (Å²) < 4.78 is 24.0. The summed E-state index contributed by atoms with van der Waals surface area (Å²) in [5.41, 5.74) is 0.882. The number of halogens is 2. The van der Waals surface area contributed by atoms with E-state index in [9.17, 15) is 4.39 Å². The third-order valence-corrected chi connectivity index (χ3v) is 3.43. The molecule has 1 aromatic rings. The van der Waals surface area contributed by atoms with Gasteiger partial charge in [-0.05, 0) is 30.5 Å². The van der Waals surface area contributed by atoms with Crippen LogP contribution in [0.4, 0.5) is 4.39 Å². The van der Waals surface area contributed by atoms with Gasteiger partial charge in [0.15, 0.2) is 5.96 Å². The second-order valence-electron chi connectivity index (χ2n) is 5.19. The fourth-order valence-corrected chi connectivity index (χ4v) is 2.23. The van der Waals surface area contributed by atoms with Gasteiger partial charge in [-0.1, -0.05) is 12.1 Å². The lowest BCUT2D eigenvalue weighted by Gasteiger charge is -2.13. The molecular formula is C16H25FIN3O2. The summed E-state index contributed by atoms with van der Waals surface area (Å²) in [5.74, 6) is 0.476. The first kappa shape index (κ1) is 20.1. The molecule has 1 aromatic carbocycles. The number of nitrogens with one attached hydrogen (secondary N) is 2. The lowest BCUT2D eigenvalue weighted by Crippen LogP contribution is -2.37. The predicted octanol–water partition coefficient (Wildman–Crippen LogP) is 2.30. The Kier molecular flexibility index (Phi) is 10.1. The van der Waals surface area contributed by atoms with Crippen LogP contribution < -0.4 is 10.6 Å². The van der Waals surface area contributed by atoms with Crippen molar-refractivity contribution in [2.75, 3.05) is 33.4 Å². The van der Waals surface area contributed by atoms with Crippen LogP contribution in [0.5, 0.6) is 0 Å². The van der Waals surface area contributed by atoms with Gasteiger partial charge in [0, 0.05) is 33.4 Å². The van der Waals surface area contributed by atoms with Crippen molar-refractivity contribution in [1.82, 2.24) is 10.6 Å². The van der Waals surface area contributed by atoms with E-state index in [1.807, 2.05) is 6.07 Å². The first-order chi connectivity index (χ1) is 10.8. The Bertz CT molecular complexity index is 482. The Balaban J connectivity index is 0.00000264. The molecule has 0 radical (unpaired) electrons. The van der Waals surface area contributed by atoms with Gasteiger partial charge in [0.05, 0.1) is 12.7 Å². The molecule has 0 bridgehead atoms. The highest BCUT2D eigenvalue weighted by Gasteiger charge is 2.15. The van der Waals surface area contributed by atoms with E-state index in [0.717, 1.165) is 31.6 Å². The van der Waals surface area contributed by atoms with Gasteiger partial charge < -0.3 is 20.1 Å². The number of aliphatic imine (C=N–C) groups is 1. The smallest absolute Gasteiger partial charge is 0.191 e. The molecule has 0 saturated carbocycles. The quantitative estimate of drug-likeness (QED) is 0.298. The van der Waals surface area contributed by atoms with Crippen molar-refractivity contribution in [2.45, 2.75) is 25.5 Å². The molecule has 1 aliphatic heterocycles. The highest BCUT2D eigenvalue weighted by atomic mass is 127. The zero-order chi connectivity index (χ0) is 15.6. The second kappa shape index (κ2) is 11.6. The maximum atomic E-state index is 13.1. The van der Waals surface area contributed by atoms with Crippen molar-refractivity contribution in [1.29, 1.82) is 0 Å². The minimum Gasteiger partial charge on any atom is -0.379 e. The van der Waals surface area contributed by atoms with E-state index >= 15 is 0 Å². The van der Waals surface area contributed by atoms with Crippen molar-refractivity contribution in [3.63, 3.8) is 0 Å². The van der Waals surface area contributed by atoms with Crippen molar-refractivity contribution in [2.24, 2.45) is 4.99 Å². The number of hydrogen-bond acceptors (Lipinski definition) is 3. The molecule has 0 spiro atoms. The van der Waals surface area contributed by atoms with Crippen LogP contribution in [-0.4, -0.2) is 45.5 Å². The maximum Gasteiger partial charge on any atom is 0.191 e. The van der Waals surface area contributed by atoms with Gasteiger partial charge in [0.25, 0.3) is 0 Å². The topological polar surface area (TPSA) is 54.9 Å². The first-order valence-corrected chi connectivity index (χ1v) is 7.66. The zero-order valence-electron chi connectivity index (χ0n) is 13.4. The molecule has 130 valence electrons. The van der Waals surface area contributed by atoms with Gasteiger partial charge in [-0.25, -0.2) is 4.39 Å². The van der Waals surface area contributed by atoms with Gasteiger partial charge in [-0.15, -0.1) is 24.0 Å². The van der Waals surface area contributed by atoms with Gasteiger partial charge in [-0.2, -0.15) is 0 Å². The Morgan fingerprint density at radius 1 is 1.43 bits per heavy atom. The van der Waals surface area contributed by atoms with Gasteiger partial charge in [-0.3, -0.25) is 4.99 Å². The van der Waals surface area contributed by atoms with Crippen molar-refractivity contribution >= 4 is 29.9 Å². The Hall–Kier alpha value is -0.930. The maximum absolute atomic E-state index is 13.1. The first-order valence-electron chi connectivity index (χ1n) is 7.66. The van der Waals surface area contributed by atoms with E-state index in [-0.39, 0.29) is 35.9 Å². The average molecular weight is 437 g/mol. The van der Waals surface area contributed by atoms with Crippen LogP contribution >= 0.6 is 24.0 Å². The Morgan fingerprint density at radius 3 is 3.00 bits per heavy atom. The summed E-state index contributed by atoms with van der Waals surface area (Å²) in [5, 5.41) is 6.37. The highest BCUT2D eigenvalue weighted by Crippen LogP contribution is 2.07. The molecule has 1 unspecified atom stereocenters. The largest absolute Gasteiger partial charge is 0.379 e. The van der Waals surface area contributed by atoms with E-state index in [2.05, 4.69) is 15.6 Å². The van der Waals surface area contributed by atoms with E-state index in [1.165, 1.54) is 12.1 Å². The molecule has 1 atom stereocenters. The van der Waals surface area contributed by atoms with E-state index in [1.54, 1.807) is 13.1 Å². The van der Waals surface area contributed by atoms with E-state index < -0.39 is 0 Å². The summed E-state index contributed by atoms with van der Waals surface area (Å²) >= 11 is 0. The Labute approximate surface area is 154 Å². The summed E-state index contributed by atoms with van der Waals surface area (Å²) in [6.45, 7) is 3.54. The standard InChI is InChI=1S/C16H24FN3O2.HI/c1-18-16(20-11-13-4-2-5-14(17)10-13)19-7-3-8-22-15-6-9-21-12-15;/h2,4-5,10,15H,3,6-9,11-12H2,1H3,(H2,18,19,20);1H. The van der Waals surface area contributed by atoms with Crippen LogP contribution in [0.1, 0.15) is 18.4 Å². The van der Waals surface area contributed by atoms with Crippen molar-refractivity contribution < 1.29 is 13.9 Å². The molecule has 1 saturated heterocycles. The predicted molar refractivity (Wildman–Crippen MR) is 99.8 cm³/mol. The molecule has 2 N–H and O–H groups in total. The van der Waals surface area contributed by atoms with Crippen LogP contribution in [0, 0.1) is 5.82 Å². The summed E-state index contributed by atoms with van der Waals surface area (Å²) in [6, 6.07) is 6.53. The zero-order valence-corrected chi connectivity index (χ0v) is 15.7. The lowest BCUT2D eigenvalue weighted by molar-refractivity contribution is 0.0420. The van der Waals surface area contributed by atoms with E-state index in [4.69, 9.17) is 9.47 Å². The summed E-state index contributed by atoms with van der Waals surface area (Å²) in [4.78, 5) is 4.14.